The second-order valence-electron chi connectivity index (χ2n) is 6.29. The van der Waals surface area contributed by atoms with Crippen LogP contribution >= 0.6 is 0 Å². The Morgan fingerprint density at radius 3 is 1.36 bits per heavy atom. The topological polar surface area (TPSA) is 65.1 Å². The second-order valence-corrected chi connectivity index (χ2v) is 6.29. The van der Waals surface area contributed by atoms with E-state index >= 15 is 0 Å². The van der Waals surface area contributed by atoms with Crippen LogP contribution in [-0.4, -0.2) is 75.7 Å². The van der Waals surface area contributed by atoms with Gasteiger partial charge in [0.25, 0.3) is 0 Å². The van der Waals surface area contributed by atoms with Crippen LogP contribution < -0.4 is 0 Å². The fraction of sp³-hybridized carbons (Fsp3) is 0.789. The van der Waals surface area contributed by atoms with Crippen LogP contribution in [0.4, 0.5) is 0 Å². The molecule has 0 spiro atoms. The summed E-state index contributed by atoms with van der Waals surface area (Å²) in [4.78, 5) is 24.0. The molecule has 0 saturated heterocycles. The van der Waals surface area contributed by atoms with Crippen molar-refractivity contribution in [3.8, 4) is 0 Å². The van der Waals surface area contributed by atoms with E-state index in [0.717, 1.165) is 31.6 Å². The summed E-state index contributed by atoms with van der Waals surface area (Å²) in [6, 6.07) is 0. The van der Waals surface area contributed by atoms with Gasteiger partial charge in [0.1, 0.15) is 11.6 Å². The van der Waals surface area contributed by atoms with E-state index in [-0.39, 0.29) is 11.6 Å². The molecule has 0 unspecified atom stereocenters. The van der Waals surface area contributed by atoms with Gasteiger partial charge in [-0.15, -0.1) is 6.58 Å². The zero-order chi connectivity index (χ0) is 18.9. The fourth-order valence-electron chi connectivity index (χ4n) is 1.90. The maximum absolute atomic E-state index is 10.9. The lowest BCUT2D eigenvalue weighted by Crippen LogP contribution is -2.34. The Balaban J connectivity index is 3.92. The van der Waals surface area contributed by atoms with Gasteiger partial charge in [0.05, 0.1) is 39.6 Å². The van der Waals surface area contributed by atoms with Gasteiger partial charge in [-0.1, -0.05) is 5.57 Å². The highest BCUT2D eigenvalue weighted by molar-refractivity contribution is 5.75. The Hall–Kier alpha value is -1.08. The summed E-state index contributed by atoms with van der Waals surface area (Å²) in [6.07, 6.45) is 1.79. The van der Waals surface area contributed by atoms with Crippen molar-refractivity contribution in [2.45, 2.75) is 40.0 Å². The summed E-state index contributed by atoms with van der Waals surface area (Å²) < 4.78 is 16.6. The maximum atomic E-state index is 10.9. The minimum absolute atomic E-state index is 0.140. The summed E-state index contributed by atoms with van der Waals surface area (Å²) >= 11 is 0. The van der Waals surface area contributed by atoms with Gasteiger partial charge >= 0.3 is 0 Å². The van der Waals surface area contributed by atoms with Crippen molar-refractivity contribution in [2.24, 2.45) is 0 Å². The average molecular weight is 357 g/mol. The summed E-state index contributed by atoms with van der Waals surface area (Å²) in [5, 5.41) is 0. The molecule has 0 saturated carbocycles. The van der Waals surface area contributed by atoms with Crippen molar-refractivity contribution in [1.29, 1.82) is 0 Å². The molecule has 6 heteroatoms. The molecule has 6 nitrogen and oxygen atoms in total. The van der Waals surface area contributed by atoms with Gasteiger partial charge in [-0.25, -0.2) is 0 Å². The summed E-state index contributed by atoms with van der Waals surface area (Å²) in [7, 11) is 0. The summed E-state index contributed by atoms with van der Waals surface area (Å²) in [5.41, 5.74) is 1.12. The van der Waals surface area contributed by atoms with Gasteiger partial charge in [0, 0.05) is 32.5 Å². The number of ketones is 2. The average Bonchev–Trinajstić information content (AvgIpc) is 2.52. The third-order valence-electron chi connectivity index (χ3n) is 3.53. The predicted octanol–water partition coefficient (Wildman–Crippen LogP) is 2.26. The van der Waals surface area contributed by atoms with Crippen LogP contribution in [0.1, 0.15) is 40.0 Å². The monoisotopic (exact) mass is 357 g/mol. The number of hydrogen-bond acceptors (Lipinski definition) is 6. The first-order valence-electron chi connectivity index (χ1n) is 9.00. The molecule has 0 aliphatic rings. The highest BCUT2D eigenvalue weighted by atomic mass is 16.5. The lowest BCUT2D eigenvalue weighted by molar-refractivity contribution is -0.118. The summed E-state index contributed by atoms with van der Waals surface area (Å²) in [6.45, 7) is 14.7. The van der Waals surface area contributed by atoms with Crippen molar-refractivity contribution in [3.63, 3.8) is 0 Å². The smallest absolute Gasteiger partial charge is 0.132 e. The third-order valence-corrected chi connectivity index (χ3v) is 3.53. The van der Waals surface area contributed by atoms with Crippen LogP contribution in [0.2, 0.25) is 0 Å². The molecule has 0 amide bonds. The second kappa shape index (κ2) is 16.4. The zero-order valence-corrected chi connectivity index (χ0v) is 16.2. The van der Waals surface area contributed by atoms with E-state index in [1.807, 2.05) is 6.92 Å². The van der Waals surface area contributed by atoms with Crippen LogP contribution in [0.25, 0.3) is 0 Å². The SMILES string of the molecule is C=C(C)CCOCCN(CCOCCC(C)=O)CCOCCC(C)=O. The van der Waals surface area contributed by atoms with Crippen LogP contribution in [0.15, 0.2) is 12.2 Å². The lowest BCUT2D eigenvalue weighted by Gasteiger charge is -2.22. The molecule has 0 N–H and O–H groups in total. The number of rotatable bonds is 18. The molecule has 25 heavy (non-hydrogen) atoms. The Labute approximate surface area is 152 Å². The molecule has 0 bridgehead atoms. The van der Waals surface area contributed by atoms with Gasteiger partial charge < -0.3 is 14.2 Å². The van der Waals surface area contributed by atoms with E-state index in [4.69, 9.17) is 14.2 Å². The molecular weight excluding hydrogens is 322 g/mol. The van der Waals surface area contributed by atoms with Crippen LogP contribution in [0.3, 0.4) is 0 Å². The van der Waals surface area contributed by atoms with Crippen LogP contribution in [-0.2, 0) is 23.8 Å². The molecule has 0 aliphatic carbocycles. The minimum atomic E-state index is 0.140. The van der Waals surface area contributed by atoms with E-state index < -0.39 is 0 Å². The highest BCUT2D eigenvalue weighted by Crippen LogP contribution is 1.97. The molecule has 0 aromatic carbocycles. The number of carbonyl (C=O) groups excluding carboxylic acids is 2. The molecule has 0 radical (unpaired) electrons. The molecule has 0 rings (SSSR count). The van der Waals surface area contributed by atoms with Crippen molar-refractivity contribution in [1.82, 2.24) is 4.90 Å². The Morgan fingerprint density at radius 1 is 0.680 bits per heavy atom. The Kier molecular flexibility index (Phi) is 15.7. The number of hydrogen-bond donors (Lipinski definition) is 0. The Morgan fingerprint density at radius 2 is 1.04 bits per heavy atom. The number of Topliss-reactive ketones (excluding diaryl/α,β-unsaturated/α-hetero) is 2. The Bertz CT molecular complexity index is 327. The lowest BCUT2D eigenvalue weighted by atomic mass is 10.3. The summed E-state index contributed by atoms with van der Waals surface area (Å²) in [5.74, 6) is 0.281. The van der Waals surface area contributed by atoms with Gasteiger partial charge in [-0.3, -0.25) is 14.5 Å². The predicted molar refractivity (Wildman–Crippen MR) is 98.9 cm³/mol. The number of carbonyl (C=O) groups is 2. The van der Waals surface area contributed by atoms with E-state index in [9.17, 15) is 9.59 Å². The first-order chi connectivity index (χ1) is 11.9. The quantitative estimate of drug-likeness (QED) is 0.277. The van der Waals surface area contributed by atoms with Gasteiger partial charge in [0.2, 0.25) is 0 Å². The molecular formula is C19H35NO5. The van der Waals surface area contributed by atoms with Crippen LogP contribution in [0.5, 0.6) is 0 Å². The van der Waals surface area contributed by atoms with Crippen molar-refractivity contribution < 1.29 is 23.8 Å². The zero-order valence-electron chi connectivity index (χ0n) is 16.2. The third kappa shape index (κ3) is 19.1. The molecule has 0 fully saturated rings. The largest absolute Gasteiger partial charge is 0.380 e. The molecule has 146 valence electrons. The van der Waals surface area contributed by atoms with Gasteiger partial charge in [0.15, 0.2) is 0 Å². The number of nitrogens with zero attached hydrogens (tertiary/aromatic N) is 1. The van der Waals surface area contributed by atoms with Crippen molar-refractivity contribution in [3.05, 3.63) is 12.2 Å². The van der Waals surface area contributed by atoms with E-state index in [1.165, 1.54) is 0 Å². The van der Waals surface area contributed by atoms with Crippen molar-refractivity contribution >= 4 is 11.6 Å². The van der Waals surface area contributed by atoms with Gasteiger partial charge in [-0.2, -0.15) is 0 Å². The maximum Gasteiger partial charge on any atom is 0.132 e. The van der Waals surface area contributed by atoms with E-state index in [2.05, 4.69) is 11.5 Å². The van der Waals surface area contributed by atoms with Crippen LogP contribution in [0, 0.1) is 0 Å². The van der Waals surface area contributed by atoms with E-state index in [0.29, 0.717) is 52.5 Å². The van der Waals surface area contributed by atoms with Crippen molar-refractivity contribution in [2.75, 3.05) is 59.3 Å². The molecule has 0 atom stereocenters. The first-order valence-corrected chi connectivity index (χ1v) is 9.00. The van der Waals surface area contributed by atoms with E-state index in [1.54, 1.807) is 13.8 Å². The first kappa shape index (κ1) is 23.9. The molecule has 0 aromatic rings. The highest BCUT2D eigenvalue weighted by Gasteiger charge is 2.06. The fourth-order valence-corrected chi connectivity index (χ4v) is 1.90. The van der Waals surface area contributed by atoms with Gasteiger partial charge in [-0.05, 0) is 27.2 Å². The normalized spacial score (nSPS) is 11.0. The minimum Gasteiger partial charge on any atom is -0.380 e. The molecule has 0 aromatic heterocycles. The molecule has 0 aliphatic heterocycles. The standard InChI is InChI=1S/C19H35NO5/c1-17(2)5-11-23-14-8-20(9-15-24-12-6-18(3)21)10-16-25-13-7-19(4)22/h1,5-16H2,2-4H3. The number of ether oxygens (including phenoxy) is 3. The molecule has 0 heterocycles.